The summed E-state index contributed by atoms with van der Waals surface area (Å²) in [7, 11) is 3.37. The first-order valence-corrected chi connectivity index (χ1v) is 16.1. The molecule has 0 aliphatic carbocycles. The number of methoxy groups -OCH3 is 1. The predicted molar refractivity (Wildman–Crippen MR) is 178 cm³/mol. The van der Waals surface area contributed by atoms with Gasteiger partial charge >= 0.3 is 0 Å². The van der Waals surface area contributed by atoms with Crippen molar-refractivity contribution in [1.29, 1.82) is 0 Å². The number of amides is 1. The van der Waals surface area contributed by atoms with Crippen LogP contribution in [0, 0.1) is 17.5 Å². The number of imidazole rings is 1. The Morgan fingerprint density at radius 3 is 2.67 bits per heavy atom. The van der Waals surface area contributed by atoms with E-state index in [-0.39, 0.29) is 59.2 Å². The average Bonchev–Trinajstić information content (AvgIpc) is 3.79. The summed E-state index contributed by atoms with van der Waals surface area (Å²) in [5.41, 5.74) is 3.96. The molecule has 13 heteroatoms. The number of benzene rings is 2. The number of carbonyl (C=O) groups excluding carboxylic acids is 1. The van der Waals surface area contributed by atoms with Gasteiger partial charge in [0.1, 0.15) is 41.2 Å². The number of thiophene rings is 1. The van der Waals surface area contributed by atoms with Gasteiger partial charge in [-0.2, -0.15) is 5.10 Å². The Bertz CT molecular complexity index is 2240. The normalized spacial score (nSPS) is 16.1. The Morgan fingerprint density at radius 2 is 1.90 bits per heavy atom. The Labute approximate surface area is 277 Å². The average molecular weight is 673 g/mol. The lowest BCUT2D eigenvalue weighted by atomic mass is 9.96. The smallest absolute Gasteiger partial charge is 0.246 e. The van der Waals surface area contributed by atoms with Crippen molar-refractivity contribution in [1.82, 2.24) is 29.2 Å². The highest BCUT2D eigenvalue weighted by atomic mass is 32.1. The van der Waals surface area contributed by atoms with E-state index in [1.807, 2.05) is 54.4 Å². The highest BCUT2D eigenvalue weighted by molar-refractivity contribution is 7.18. The Morgan fingerprint density at radius 1 is 1.08 bits per heavy atom. The van der Waals surface area contributed by atoms with E-state index in [0.717, 1.165) is 34.7 Å². The first-order chi connectivity index (χ1) is 23.1. The van der Waals surface area contributed by atoms with Crippen molar-refractivity contribution in [3.05, 3.63) is 83.9 Å². The van der Waals surface area contributed by atoms with E-state index in [4.69, 9.17) is 19.6 Å². The van der Waals surface area contributed by atoms with Crippen molar-refractivity contribution < 1.29 is 27.4 Å². The van der Waals surface area contributed by atoms with Gasteiger partial charge < -0.3 is 18.9 Å². The quantitative estimate of drug-likeness (QED) is 0.123. The summed E-state index contributed by atoms with van der Waals surface area (Å²) in [6, 6.07) is 8.65. The Kier molecular flexibility index (Phi) is 8.04. The third kappa shape index (κ3) is 5.13. The molecule has 0 fully saturated rings. The zero-order chi connectivity index (χ0) is 33.9. The predicted octanol–water partition coefficient (Wildman–Crippen LogP) is 7.47. The minimum Gasteiger partial charge on any atom is -0.490 e. The van der Waals surface area contributed by atoms with Crippen LogP contribution in [-0.2, 0) is 16.6 Å². The number of nitrogens with zero attached hydrogens (tertiary/aromatic N) is 6. The van der Waals surface area contributed by atoms with Crippen LogP contribution >= 0.6 is 11.3 Å². The molecule has 2 aromatic carbocycles. The van der Waals surface area contributed by atoms with Gasteiger partial charge in [-0.25, -0.2) is 23.1 Å². The van der Waals surface area contributed by atoms with Crippen molar-refractivity contribution in [2.24, 2.45) is 7.05 Å². The number of hydrogen-bond donors (Lipinski definition) is 0. The van der Waals surface area contributed by atoms with Crippen LogP contribution < -0.4 is 4.74 Å². The largest absolute Gasteiger partial charge is 0.490 e. The summed E-state index contributed by atoms with van der Waals surface area (Å²) in [6.45, 7) is 8.07. The molecule has 0 radical (unpaired) electrons. The van der Waals surface area contributed by atoms with Crippen molar-refractivity contribution in [3.63, 3.8) is 0 Å². The van der Waals surface area contributed by atoms with Gasteiger partial charge in [0.25, 0.3) is 0 Å². The third-order valence-corrected chi connectivity index (χ3v) is 9.69. The van der Waals surface area contributed by atoms with Crippen LogP contribution in [0.3, 0.4) is 0 Å². The summed E-state index contributed by atoms with van der Waals surface area (Å²) in [6.07, 6.45) is 2.97. The second kappa shape index (κ2) is 12.2. The van der Waals surface area contributed by atoms with Gasteiger partial charge in [0.05, 0.1) is 58.4 Å². The molecule has 7 rings (SSSR count). The van der Waals surface area contributed by atoms with E-state index in [1.54, 1.807) is 11.2 Å². The molecule has 5 heterocycles. The third-order valence-electron chi connectivity index (χ3n) is 8.72. The van der Waals surface area contributed by atoms with E-state index in [9.17, 15) is 9.18 Å². The zero-order valence-electron chi connectivity index (χ0n) is 26.6. The van der Waals surface area contributed by atoms with Gasteiger partial charge in [0.15, 0.2) is 0 Å². The minimum atomic E-state index is -0.906. The van der Waals surface area contributed by atoms with Gasteiger partial charge in [0, 0.05) is 54.0 Å². The second-order valence-corrected chi connectivity index (χ2v) is 12.6. The number of pyridine rings is 1. The van der Waals surface area contributed by atoms with E-state index in [1.165, 1.54) is 18.6 Å². The summed E-state index contributed by atoms with van der Waals surface area (Å²) >= 11 is 1.08. The minimum absolute atomic E-state index is 0.0141. The monoisotopic (exact) mass is 672 g/mol. The topological polar surface area (TPSA) is 87.3 Å². The molecule has 2 atom stereocenters. The standard InChI is InChI=1S/C35H31F3N6O3S/c1-6-29(45)43-15-18(2)44-27(19(43)3)14-25(41-44)34-32(30-22(37)12-21(36)13-28(30)47-10-9-46-5)35-31(23(38)16-48-35)33(40-34)20-7-8-26-24(11-20)39-17-42(26)4/h6-8,11-14,16-19H,1,9-10,15H2,2-5H3/t18-,19+/m0/s1. The van der Waals surface area contributed by atoms with Crippen molar-refractivity contribution in [2.75, 3.05) is 26.9 Å². The Balaban J connectivity index is 1.54. The molecule has 0 saturated carbocycles. The fourth-order valence-electron chi connectivity index (χ4n) is 6.39. The molecule has 1 aliphatic rings. The number of fused-ring (bicyclic) bond motifs is 3. The summed E-state index contributed by atoms with van der Waals surface area (Å²) in [4.78, 5) is 24.0. The molecule has 0 bridgehead atoms. The fourth-order valence-corrected chi connectivity index (χ4v) is 7.36. The molecule has 0 unspecified atom stereocenters. The van der Waals surface area contributed by atoms with Gasteiger partial charge in [-0.15, -0.1) is 11.3 Å². The second-order valence-electron chi connectivity index (χ2n) is 11.8. The van der Waals surface area contributed by atoms with Gasteiger partial charge in [-0.1, -0.05) is 12.6 Å². The number of halogens is 3. The molecule has 1 aliphatic heterocycles. The van der Waals surface area contributed by atoms with Crippen molar-refractivity contribution in [2.45, 2.75) is 25.9 Å². The van der Waals surface area contributed by atoms with Crippen LogP contribution in [0.1, 0.15) is 31.6 Å². The SMILES string of the molecule is C=CC(=O)N1C[C@H](C)n2nc(-c3nc(-c4ccc5c(c4)ncn5C)c4c(F)csc4c3-c3c(F)cc(F)cc3OCCOC)cc2[C@H]1C. The lowest BCUT2D eigenvalue weighted by molar-refractivity contribution is -0.129. The van der Waals surface area contributed by atoms with E-state index >= 15 is 8.78 Å². The first-order valence-electron chi connectivity index (χ1n) is 15.3. The first kappa shape index (κ1) is 31.6. The lowest BCUT2D eigenvalue weighted by Gasteiger charge is -2.36. The van der Waals surface area contributed by atoms with Crippen molar-refractivity contribution >= 4 is 38.4 Å². The maximum Gasteiger partial charge on any atom is 0.246 e. The molecule has 6 aromatic rings. The molecule has 9 nitrogen and oxygen atoms in total. The lowest BCUT2D eigenvalue weighted by Crippen LogP contribution is -2.42. The van der Waals surface area contributed by atoms with Gasteiger partial charge in [0.2, 0.25) is 5.91 Å². The van der Waals surface area contributed by atoms with Crippen LogP contribution in [0.25, 0.3) is 54.9 Å². The van der Waals surface area contributed by atoms with E-state index < -0.39 is 17.5 Å². The van der Waals surface area contributed by atoms with Crippen LogP contribution in [0.2, 0.25) is 0 Å². The van der Waals surface area contributed by atoms with Gasteiger partial charge in [-0.3, -0.25) is 9.48 Å². The summed E-state index contributed by atoms with van der Waals surface area (Å²) in [5, 5.41) is 6.46. The molecule has 0 spiro atoms. The molecule has 0 N–H and O–H groups in total. The fraction of sp³-hybridized carbons (Fsp3) is 0.257. The van der Waals surface area contributed by atoms with Gasteiger partial charge in [-0.05, 0) is 38.1 Å². The number of carbonyl (C=O) groups is 1. The number of ether oxygens (including phenoxy) is 2. The number of rotatable bonds is 8. The van der Waals surface area contributed by atoms with Crippen LogP contribution in [-0.4, -0.2) is 62.0 Å². The maximum absolute atomic E-state index is 16.1. The van der Waals surface area contributed by atoms with E-state index in [2.05, 4.69) is 11.6 Å². The molecule has 0 saturated heterocycles. The Hall–Kier alpha value is -5.01. The summed E-state index contributed by atoms with van der Waals surface area (Å²) in [5.74, 6) is -2.58. The highest BCUT2D eigenvalue weighted by Crippen LogP contribution is 2.48. The molecular formula is C35H31F3N6O3S. The molecule has 48 heavy (non-hydrogen) atoms. The highest BCUT2D eigenvalue weighted by Gasteiger charge is 2.34. The maximum atomic E-state index is 16.1. The number of hydrogen-bond acceptors (Lipinski definition) is 7. The number of aromatic nitrogens is 5. The molecule has 1 amide bonds. The van der Waals surface area contributed by atoms with Crippen LogP contribution in [0.4, 0.5) is 13.2 Å². The number of aryl methyl sites for hydroxylation is 1. The molecular weight excluding hydrogens is 641 g/mol. The van der Waals surface area contributed by atoms with Crippen molar-refractivity contribution in [3.8, 4) is 39.5 Å². The zero-order valence-corrected chi connectivity index (χ0v) is 27.4. The molecule has 246 valence electrons. The van der Waals surface area contributed by atoms with Crippen LogP contribution in [0.15, 0.2) is 60.8 Å². The van der Waals surface area contributed by atoms with E-state index in [0.29, 0.717) is 33.7 Å². The van der Waals surface area contributed by atoms with Crippen LogP contribution in [0.5, 0.6) is 5.75 Å². The molecule has 4 aromatic heterocycles. The summed E-state index contributed by atoms with van der Waals surface area (Å²) < 4.78 is 61.7.